The Balaban J connectivity index is 1.95. The first-order chi connectivity index (χ1) is 12.0. The van der Waals surface area contributed by atoms with Crippen LogP contribution in [0.5, 0.6) is 5.75 Å². The lowest BCUT2D eigenvalue weighted by molar-refractivity contribution is -0.0252. The number of hydrogen-bond donors (Lipinski definition) is 1. The number of methoxy groups -OCH3 is 1. The van der Waals surface area contributed by atoms with Crippen molar-refractivity contribution in [2.45, 2.75) is 25.9 Å². The fourth-order valence-electron chi connectivity index (χ4n) is 3.03. The molecule has 0 bridgehead atoms. The second-order valence-corrected chi connectivity index (χ2v) is 6.16. The molecule has 7 heteroatoms. The number of aromatic amines is 1. The average molecular weight is 343 g/mol. The van der Waals surface area contributed by atoms with Gasteiger partial charge in [0.15, 0.2) is 0 Å². The number of carbonyl (C=O) groups is 1. The van der Waals surface area contributed by atoms with Gasteiger partial charge < -0.3 is 19.4 Å². The summed E-state index contributed by atoms with van der Waals surface area (Å²) in [6, 6.07) is 8.66. The van der Waals surface area contributed by atoms with E-state index in [1.54, 1.807) is 42.3 Å². The molecule has 1 aliphatic rings. The Labute approximate surface area is 145 Å². The van der Waals surface area contributed by atoms with Crippen LogP contribution in [0.15, 0.2) is 35.1 Å². The third-order valence-electron chi connectivity index (χ3n) is 4.26. The molecule has 0 aliphatic carbocycles. The monoisotopic (exact) mass is 343 g/mol. The van der Waals surface area contributed by atoms with Crippen LogP contribution in [-0.4, -0.2) is 53.2 Å². The fraction of sp³-hybridized carbons (Fsp3) is 0.389. The Kier molecular flexibility index (Phi) is 4.85. The molecule has 2 aromatic rings. The quantitative estimate of drug-likeness (QED) is 0.917. The minimum Gasteiger partial charge on any atom is -0.497 e. The SMILES string of the molecule is COc1ccc(-c2cc(C(=O)N3C(C)COCC3C)[nH]c(=O)n2)cc1. The maximum Gasteiger partial charge on any atom is 0.346 e. The predicted octanol–water partition coefficient (Wildman–Crippen LogP) is 1.69. The van der Waals surface area contributed by atoms with Gasteiger partial charge in [-0.3, -0.25) is 4.79 Å². The van der Waals surface area contributed by atoms with Crippen LogP contribution in [0, 0.1) is 0 Å². The lowest BCUT2D eigenvalue weighted by atomic mass is 10.1. The second kappa shape index (κ2) is 7.06. The Bertz CT molecular complexity index is 806. The second-order valence-electron chi connectivity index (χ2n) is 6.16. The Hall–Kier alpha value is -2.67. The highest BCUT2D eigenvalue weighted by Crippen LogP contribution is 2.22. The number of carbonyl (C=O) groups excluding carboxylic acids is 1. The fourth-order valence-corrected chi connectivity index (χ4v) is 3.03. The van der Waals surface area contributed by atoms with Crippen molar-refractivity contribution in [2.75, 3.05) is 20.3 Å². The number of amides is 1. The van der Waals surface area contributed by atoms with Crippen LogP contribution in [0.3, 0.4) is 0 Å². The van der Waals surface area contributed by atoms with Gasteiger partial charge in [0, 0.05) is 5.56 Å². The number of nitrogens with zero attached hydrogens (tertiary/aromatic N) is 2. The van der Waals surface area contributed by atoms with E-state index in [1.165, 1.54) is 0 Å². The first kappa shape index (κ1) is 17.2. The third kappa shape index (κ3) is 3.56. The van der Waals surface area contributed by atoms with Gasteiger partial charge in [0.1, 0.15) is 11.4 Å². The molecule has 3 rings (SSSR count). The van der Waals surface area contributed by atoms with E-state index in [9.17, 15) is 9.59 Å². The summed E-state index contributed by atoms with van der Waals surface area (Å²) >= 11 is 0. The van der Waals surface area contributed by atoms with Crippen molar-refractivity contribution in [2.24, 2.45) is 0 Å². The normalized spacial score (nSPS) is 20.4. The van der Waals surface area contributed by atoms with Gasteiger partial charge in [0.2, 0.25) is 0 Å². The molecule has 2 heterocycles. The molecule has 0 radical (unpaired) electrons. The molecule has 25 heavy (non-hydrogen) atoms. The zero-order chi connectivity index (χ0) is 18.0. The molecule has 1 aromatic carbocycles. The molecule has 2 atom stereocenters. The number of nitrogens with one attached hydrogen (secondary N) is 1. The highest BCUT2D eigenvalue weighted by atomic mass is 16.5. The van der Waals surface area contributed by atoms with E-state index in [0.717, 1.165) is 5.56 Å². The summed E-state index contributed by atoms with van der Waals surface area (Å²) in [7, 11) is 1.59. The van der Waals surface area contributed by atoms with Crippen molar-refractivity contribution in [3.05, 3.63) is 46.5 Å². The Morgan fingerprint density at radius 1 is 1.24 bits per heavy atom. The zero-order valence-electron chi connectivity index (χ0n) is 14.5. The van der Waals surface area contributed by atoms with Crippen LogP contribution in [-0.2, 0) is 4.74 Å². The molecular weight excluding hydrogens is 322 g/mol. The van der Waals surface area contributed by atoms with E-state index in [2.05, 4.69) is 9.97 Å². The van der Waals surface area contributed by atoms with Crippen LogP contribution in [0.1, 0.15) is 24.3 Å². The van der Waals surface area contributed by atoms with Gasteiger partial charge in [-0.05, 0) is 44.2 Å². The smallest absolute Gasteiger partial charge is 0.346 e. The highest BCUT2D eigenvalue weighted by Gasteiger charge is 2.31. The van der Waals surface area contributed by atoms with Crippen molar-refractivity contribution in [1.29, 1.82) is 0 Å². The first-order valence-electron chi connectivity index (χ1n) is 8.16. The van der Waals surface area contributed by atoms with Crippen LogP contribution in [0.4, 0.5) is 0 Å². The first-order valence-corrected chi connectivity index (χ1v) is 8.16. The van der Waals surface area contributed by atoms with Gasteiger partial charge in [0.05, 0.1) is 38.1 Å². The molecule has 0 saturated carbocycles. The van der Waals surface area contributed by atoms with Gasteiger partial charge >= 0.3 is 5.69 Å². The molecule has 1 amide bonds. The minimum absolute atomic E-state index is 0.0580. The maximum absolute atomic E-state index is 12.9. The summed E-state index contributed by atoms with van der Waals surface area (Å²) in [4.78, 5) is 33.2. The summed E-state index contributed by atoms with van der Waals surface area (Å²) in [6.45, 7) is 4.82. The van der Waals surface area contributed by atoms with Crippen molar-refractivity contribution in [3.63, 3.8) is 0 Å². The molecule has 132 valence electrons. The van der Waals surface area contributed by atoms with Crippen LogP contribution in [0.2, 0.25) is 0 Å². The van der Waals surface area contributed by atoms with E-state index >= 15 is 0 Å². The topological polar surface area (TPSA) is 84.5 Å². The number of hydrogen-bond acceptors (Lipinski definition) is 5. The van der Waals surface area contributed by atoms with Crippen molar-refractivity contribution < 1.29 is 14.3 Å². The maximum atomic E-state index is 12.9. The van der Waals surface area contributed by atoms with Crippen LogP contribution in [0.25, 0.3) is 11.3 Å². The molecule has 0 spiro atoms. The molecule has 7 nitrogen and oxygen atoms in total. The molecule has 1 aromatic heterocycles. The van der Waals surface area contributed by atoms with E-state index in [0.29, 0.717) is 24.7 Å². The molecule has 2 unspecified atom stereocenters. The Morgan fingerprint density at radius 3 is 2.48 bits per heavy atom. The van der Waals surface area contributed by atoms with Gasteiger partial charge in [-0.1, -0.05) is 0 Å². The highest BCUT2D eigenvalue weighted by molar-refractivity contribution is 5.93. The lowest BCUT2D eigenvalue weighted by Crippen LogP contribution is -2.52. The molecule has 1 aliphatic heterocycles. The van der Waals surface area contributed by atoms with Gasteiger partial charge in [0.25, 0.3) is 5.91 Å². The molecule has 1 N–H and O–H groups in total. The minimum atomic E-state index is -0.551. The van der Waals surface area contributed by atoms with Crippen LogP contribution < -0.4 is 10.4 Å². The van der Waals surface area contributed by atoms with Gasteiger partial charge in [-0.2, -0.15) is 4.98 Å². The van der Waals surface area contributed by atoms with Crippen molar-refractivity contribution in [3.8, 4) is 17.0 Å². The summed E-state index contributed by atoms with van der Waals surface area (Å²) < 4.78 is 10.6. The number of benzene rings is 1. The molecular formula is C18H21N3O4. The number of rotatable bonds is 3. The zero-order valence-corrected chi connectivity index (χ0v) is 14.5. The number of H-pyrrole nitrogens is 1. The van der Waals surface area contributed by atoms with E-state index in [-0.39, 0.29) is 23.7 Å². The van der Waals surface area contributed by atoms with Crippen LogP contribution >= 0.6 is 0 Å². The summed E-state index contributed by atoms with van der Waals surface area (Å²) in [5.41, 5.74) is 0.865. The predicted molar refractivity (Wildman–Crippen MR) is 92.8 cm³/mol. The summed E-state index contributed by atoms with van der Waals surface area (Å²) in [6.07, 6.45) is 0. The standard InChI is InChI=1S/C18H21N3O4/c1-11-9-25-10-12(2)21(11)17(22)16-8-15(19-18(23)20-16)13-4-6-14(24-3)7-5-13/h4-8,11-12H,9-10H2,1-3H3,(H,19,20,23). The Morgan fingerprint density at radius 2 is 1.88 bits per heavy atom. The van der Waals surface area contributed by atoms with E-state index < -0.39 is 5.69 Å². The lowest BCUT2D eigenvalue weighted by Gasteiger charge is -2.38. The average Bonchev–Trinajstić information content (AvgIpc) is 2.61. The largest absolute Gasteiger partial charge is 0.497 e. The van der Waals surface area contributed by atoms with Gasteiger partial charge in [-0.15, -0.1) is 0 Å². The number of morpholine rings is 1. The van der Waals surface area contributed by atoms with E-state index in [4.69, 9.17) is 9.47 Å². The number of aromatic nitrogens is 2. The van der Waals surface area contributed by atoms with Crippen molar-refractivity contribution in [1.82, 2.24) is 14.9 Å². The molecule has 1 fully saturated rings. The summed E-state index contributed by atoms with van der Waals surface area (Å²) in [5.74, 6) is 0.485. The number of ether oxygens (including phenoxy) is 2. The summed E-state index contributed by atoms with van der Waals surface area (Å²) in [5, 5.41) is 0. The third-order valence-corrected chi connectivity index (χ3v) is 4.26. The van der Waals surface area contributed by atoms with Crippen molar-refractivity contribution >= 4 is 5.91 Å². The van der Waals surface area contributed by atoms with E-state index in [1.807, 2.05) is 13.8 Å². The van der Waals surface area contributed by atoms with Gasteiger partial charge in [-0.25, -0.2) is 4.79 Å². The molecule has 1 saturated heterocycles.